The number of carbonyl (C=O) groups excluding carboxylic acids is 1. The maximum Gasteiger partial charge on any atom is 0.293 e. The number of amides is 1. The van der Waals surface area contributed by atoms with Crippen molar-refractivity contribution in [1.29, 1.82) is 0 Å². The molecule has 0 bridgehead atoms. The average Bonchev–Trinajstić information content (AvgIpc) is 2.49. The van der Waals surface area contributed by atoms with Crippen molar-refractivity contribution in [3.8, 4) is 0 Å². The molecule has 0 aliphatic carbocycles. The van der Waals surface area contributed by atoms with Crippen molar-refractivity contribution in [2.24, 2.45) is 10.2 Å². The van der Waals surface area contributed by atoms with E-state index in [0.29, 0.717) is 11.3 Å². The molecule has 3 nitrogen and oxygen atoms in total. The molecule has 1 aromatic carbocycles. The van der Waals surface area contributed by atoms with Gasteiger partial charge in [-0.2, -0.15) is 0 Å². The molecule has 14 heavy (non-hydrogen) atoms. The maximum absolute atomic E-state index is 11.2. The number of aryl methyl sites for hydroxylation is 1. The second kappa shape index (κ2) is 3.18. The van der Waals surface area contributed by atoms with Crippen LogP contribution >= 0.6 is 0 Å². The average molecular weight is 186 g/mol. The Kier molecular flexibility index (Phi) is 2.00. The van der Waals surface area contributed by atoms with Crippen molar-refractivity contribution in [1.82, 2.24) is 0 Å². The highest BCUT2D eigenvalue weighted by Gasteiger charge is 2.18. The van der Waals surface area contributed by atoms with Crippen molar-refractivity contribution >= 4 is 11.6 Å². The van der Waals surface area contributed by atoms with Gasteiger partial charge in [0, 0.05) is 11.1 Å². The number of hydrogen-bond donors (Lipinski definition) is 0. The molecule has 2 rings (SSSR count). The molecule has 0 unspecified atom stereocenters. The predicted molar refractivity (Wildman–Crippen MR) is 53.6 cm³/mol. The van der Waals surface area contributed by atoms with Gasteiger partial charge in [0.2, 0.25) is 0 Å². The maximum atomic E-state index is 11.2. The number of hydrogen-bond acceptors (Lipinski definition) is 2. The van der Waals surface area contributed by atoms with E-state index in [9.17, 15) is 4.79 Å². The van der Waals surface area contributed by atoms with Crippen molar-refractivity contribution < 1.29 is 4.79 Å². The first-order valence-corrected chi connectivity index (χ1v) is 4.43. The molecule has 1 heterocycles. The first-order valence-electron chi connectivity index (χ1n) is 4.43. The summed E-state index contributed by atoms with van der Waals surface area (Å²) in [4.78, 5) is 11.2. The number of rotatable bonds is 1. The van der Waals surface area contributed by atoms with Gasteiger partial charge in [-0.3, -0.25) is 4.79 Å². The smallest absolute Gasteiger partial charge is 0.265 e. The Morgan fingerprint density at radius 1 is 1.07 bits per heavy atom. The molecule has 0 aromatic heterocycles. The van der Waals surface area contributed by atoms with Crippen molar-refractivity contribution in [3.63, 3.8) is 0 Å². The van der Waals surface area contributed by atoms with Crippen LogP contribution in [0.5, 0.6) is 0 Å². The molecule has 0 fully saturated rings. The number of benzene rings is 1. The Morgan fingerprint density at radius 3 is 2.36 bits per heavy atom. The van der Waals surface area contributed by atoms with Gasteiger partial charge in [0.05, 0.1) is 0 Å². The van der Waals surface area contributed by atoms with Gasteiger partial charge in [0.15, 0.2) is 0 Å². The minimum Gasteiger partial charge on any atom is -0.265 e. The minimum absolute atomic E-state index is 0.233. The summed E-state index contributed by atoms with van der Waals surface area (Å²) in [5, 5.41) is 7.41. The third-order valence-corrected chi connectivity index (χ3v) is 2.32. The highest BCUT2D eigenvalue weighted by Crippen LogP contribution is 2.28. The van der Waals surface area contributed by atoms with Crippen molar-refractivity contribution in [2.75, 3.05) is 0 Å². The fourth-order valence-corrected chi connectivity index (χ4v) is 1.44. The van der Waals surface area contributed by atoms with Crippen LogP contribution in [0.2, 0.25) is 0 Å². The van der Waals surface area contributed by atoms with Gasteiger partial charge in [0.25, 0.3) is 5.91 Å². The van der Waals surface area contributed by atoms with Gasteiger partial charge in [-0.15, -0.1) is 10.2 Å². The standard InChI is InChI=1S/C11H10N2O/c1-7-5-3-4-6-9(7)10-8(2)11(14)13-12-10/h3-6H,1-2H3. The molecular formula is C11H10N2O. The third kappa shape index (κ3) is 1.27. The van der Waals surface area contributed by atoms with Crippen LogP contribution < -0.4 is 0 Å². The molecule has 0 saturated heterocycles. The van der Waals surface area contributed by atoms with Crippen LogP contribution in [-0.2, 0) is 4.79 Å². The summed E-state index contributed by atoms with van der Waals surface area (Å²) in [6.07, 6.45) is 0. The van der Waals surface area contributed by atoms with Gasteiger partial charge in [-0.05, 0) is 19.4 Å². The molecule has 0 saturated carbocycles. The van der Waals surface area contributed by atoms with E-state index >= 15 is 0 Å². The van der Waals surface area contributed by atoms with Gasteiger partial charge in [-0.1, -0.05) is 24.3 Å². The molecule has 1 aliphatic heterocycles. The zero-order chi connectivity index (χ0) is 10.1. The minimum atomic E-state index is -0.233. The van der Waals surface area contributed by atoms with E-state index in [1.807, 2.05) is 31.2 Å². The number of carbonyl (C=O) groups is 1. The molecule has 0 radical (unpaired) electrons. The molecule has 1 aliphatic rings. The highest BCUT2D eigenvalue weighted by molar-refractivity contribution is 6.03. The van der Waals surface area contributed by atoms with Crippen LogP contribution in [-0.4, -0.2) is 5.91 Å². The first-order chi connectivity index (χ1) is 6.70. The van der Waals surface area contributed by atoms with Crippen LogP contribution in [0.15, 0.2) is 40.1 Å². The monoisotopic (exact) mass is 186 g/mol. The quantitative estimate of drug-likeness (QED) is 0.664. The SMILES string of the molecule is CC1=C(c2ccccc2C)N=NC1=O. The summed E-state index contributed by atoms with van der Waals surface area (Å²) in [6.45, 7) is 3.75. The fraction of sp³-hybridized carbons (Fsp3) is 0.182. The second-order valence-electron chi connectivity index (χ2n) is 3.29. The molecule has 1 aromatic rings. The lowest BCUT2D eigenvalue weighted by Crippen LogP contribution is -1.92. The first kappa shape index (κ1) is 8.81. The molecule has 0 N–H and O–H groups in total. The Labute approximate surface area is 82.2 Å². The van der Waals surface area contributed by atoms with E-state index in [1.54, 1.807) is 6.92 Å². The molecule has 0 atom stereocenters. The second-order valence-corrected chi connectivity index (χ2v) is 3.29. The lowest BCUT2D eigenvalue weighted by molar-refractivity contribution is -0.114. The Bertz CT molecular complexity index is 458. The Morgan fingerprint density at radius 2 is 1.79 bits per heavy atom. The van der Waals surface area contributed by atoms with Crippen molar-refractivity contribution in [3.05, 3.63) is 41.0 Å². The van der Waals surface area contributed by atoms with E-state index in [0.717, 1.165) is 11.1 Å². The van der Waals surface area contributed by atoms with Crippen LogP contribution in [0, 0.1) is 6.92 Å². The summed E-state index contributed by atoms with van der Waals surface area (Å²) in [5.74, 6) is -0.233. The molecule has 70 valence electrons. The summed E-state index contributed by atoms with van der Waals surface area (Å²) in [5.41, 5.74) is 3.42. The Hall–Kier alpha value is -1.77. The van der Waals surface area contributed by atoms with Crippen LogP contribution in [0.3, 0.4) is 0 Å². The fourth-order valence-electron chi connectivity index (χ4n) is 1.44. The van der Waals surface area contributed by atoms with E-state index in [-0.39, 0.29) is 5.91 Å². The van der Waals surface area contributed by atoms with Crippen molar-refractivity contribution in [2.45, 2.75) is 13.8 Å². The number of azo groups is 1. The molecular weight excluding hydrogens is 176 g/mol. The largest absolute Gasteiger partial charge is 0.293 e. The highest BCUT2D eigenvalue weighted by atomic mass is 16.2. The lowest BCUT2D eigenvalue weighted by Gasteiger charge is -2.02. The van der Waals surface area contributed by atoms with Crippen LogP contribution in [0.1, 0.15) is 18.1 Å². The lowest BCUT2D eigenvalue weighted by atomic mass is 10.0. The molecule has 3 heteroatoms. The predicted octanol–water partition coefficient (Wildman–Crippen LogP) is 2.72. The van der Waals surface area contributed by atoms with E-state index in [2.05, 4.69) is 10.2 Å². The van der Waals surface area contributed by atoms with Crippen LogP contribution in [0.4, 0.5) is 0 Å². The van der Waals surface area contributed by atoms with Gasteiger partial charge in [0.1, 0.15) is 5.70 Å². The summed E-state index contributed by atoms with van der Waals surface area (Å²) in [7, 11) is 0. The van der Waals surface area contributed by atoms with Crippen LogP contribution in [0.25, 0.3) is 5.70 Å². The van der Waals surface area contributed by atoms with Gasteiger partial charge in [-0.25, -0.2) is 0 Å². The number of nitrogens with zero attached hydrogens (tertiary/aromatic N) is 2. The third-order valence-electron chi connectivity index (χ3n) is 2.32. The molecule has 1 amide bonds. The summed E-state index contributed by atoms with van der Waals surface area (Å²) < 4.78 is 0. The van der Waals surface area contributed by atoms with E-state index in [4.69, 9.17) is 0 Å². The topological polar surface area (TPSA) is 41.8 Å². The Balaban J connectivity index is 2.57. The zero-order valence-electron chi connectivity index (χ0n) is 8.11. The normalized spacial score (nSPS) is 15.4. The van der Waals surface area contributed by atoms with Gasteiger partial charge < -0.3 is 0 Å². The van der Waals surface area contributed by atoms with E-state index in [1.165, 1.54) is 0 Å². The summed E-state index contributed by atoms with van der Waals surface area (Å²) in [6, 6.07) is 7.84. The zero-order valence-corrected chi connectivity index (χ0v) is 8.11. The van der Waals surface area contributed by atoms with Gasteiger partial charge >= 0.3 is 0 Å². The molecule has 0 spiro atoms. The van der Waals surface area contributed by atoms with E-state index < -0.39 is 0 Å². The summed E-state index contributed by atoms with van der Waals surface area (Å²) >= 11 is 0.